The van der Waals surface area contributed by atoms with Crippen molar-refractivity contribution < 1.29 is 28.7 Å². The number of amides is 2. The van der Waals surface area contributed by atoms with Crippen LogP contribution in [0.5, 0.6) is 0 Å². The Bertz CT molecular complexity index is 930. The molecule has 144 valence electrons. The maximum atomic E-state index is 12.0. The number of carbonyl (C=O) groups is 4. The third-order valence-electron chi connectivity index (χ3n) is 3.29. The molecule has 0 bridgehead atoms. The number of carbonyl (C=O) groups excluding carboxylic acids is 4. The largest absolute Gasteiger partial charge is 0.465 e. The normalized spacial score (nSPS) is 9.71. The lowest BCUT2D eigenvalue weighted by molar-refractivity contribution is -0.119. The third-order valence-corrected chi connectivity index (χ3v) is 4.18. The van der Waals surface area contributed by atoms with Gasteiger partial charge in [-0.1, -0.05) is 0 Å². The Morgan fingerprint density at radius 2 is 1.75 bits per heavy atom. The number of hydrogen-bond acceptors (Lipinski definition) is 8. The molecule has 0 spiro atoms. The lowest BCUT2D eigenvalue weighted by Crippen LogP contribution is -2.21. The minimum atomic E-state index is -0.733. The fraction of sp³-hybridized carbons (Fsp3) is 0.167. The van der Waals surface area contributed by atoms with Crippen LogP contribution < -0.4 is 10.6 Å². The highest BCUT2D eigenvalue weighted by atomic mass is 32.1. The van der Waals surface area contributed by atoms with E-state index in [0.29, 0.717) is 5.69 Å². The van der Waals surface area contributed by atoms with Gasteiger partial charge in [0.2, 0.25) is 5.91 Å². The molecular formula is C18H15N3O6S. The van der Waals surface area contributed by atoms with E-state index in [9.17, 15) is 19.2 Å². The minimum Gasteiger partial charge on any atom is -0.465 e. The molecular weight excluding hydrogens is 386 g/mol. The third kappa shape index (κ3) is 5.65. The molecule has 1 heterocycles. The predicted octanol–water partition coefficient (Wildman–Crippen LogP) is 2.18. The van der Waals surface area contributed by atoms with E-state index in [4.69, 9.17) is 10.00 Å². The molecule has 0 aliphatic carbocycles. The van der Waals surface area contributed by atoms with Crippen LogP contribution in [-0.4, -0.2) is 37.5 Å². The number of rotatable bonds is 7. The molecule has 9 nitrogen and oxygen atoms in total. The van der Waals surface area contributed by atoms with E-state index < -0.39 is 30.4 Å². The van der Waals surface area contributed by atoms with Crippen LogP contribution in [0, 0.1) is 11.3 Å². The zero-order valence-corrected chi connectivity index (χ0v) is 15.5. The molecule has 0 saturated carbocycles. The fourth-order valence-electron chi connectivity index (χ4n) is 2.03. The second kappa shape index (κ2) is 9.84. The summed E-state index contributed by atoms with van der Waals surface area (Å²) < 4.78 is 9.54. The van der Waals surface area contributed by atoms with Gasteiger partial charge in [-0.05, 0) is 35.7 Å². The topological polar surface area (TPSA) is 135 Å². The molecule has 0 fully saturated rings. The summed E-state index contributed by atoms with van der Waals surface area (Å²) in [6.07, 6.45) is -0.277. The lowest BCUT2D eigenvalue weighted by Gasteiger charge is -2.08. The van der Waals surface area contributed by atoms with E-state index in [-0.39, 0.29) is 22.5 Å². The lowest BCUT2D eigenvalue weighted by atomic mass is 10.2. The molecule has 28 heavy (non-hydrogen) atoms. The number of hydrogen-bond donors (Lipinski definition) is 2. The molecule has 0 atom stereocenters. The number of nitrogens with one attached hydrogen (secondary N) is 2. The Morgan fingerprint density at radius 3 is 2.39 bits per heavy atom. The van der Waals surface area contributed by atoms with Crippen LogP contribution in [0.15, 0.2) is 35.7 Å². The zero-order chi connectivity index (χ0) is 20.5. The Morgan fingerprint density at radius 1 is 1.04 bits per heavy atom. The van der Waals surface area contributed by atoms with Crippen LogP contribution in [0.2, 0.25) is 0 Å². The number of nitriles is 1. The molecule has 10 heteroatoms. The van der Waals surface area contributed by atoms with Gasteiger partial charge in [-0.25, -0.2) is 9.59 Å². The van der Waals surface area contributed by atoms with E-state index in [1.807, 2.05) is 0 Å². The van der Waals surface area contributed by atoms with Gasteiger partial charge in [-0.3, -0.25) is 9.59 Å². The van der Waals surface area contributed by atoms with Crippen molar-refractivity contribution in [3.05, 3.63) is 46.2 Å². The van der Waals surface area contributed by atoms with Gasteiger partial charge in [0.05, 0.1) is 24.4 Å². The summed E-state index contributed by atoms with van der Waals surface area (Å²) in [5, 5.41) is 15.0. The highest BCUT2D eigenvalue weighted by Gasteiger charge is 2.17. The molecule has 2 rings (SSSR count). The van der Waals surface area contributed by atoms with Gasteiger partial charge >= 0.3 is 11.9 Å². The van der Waals surface area contributed by atoms with Gasteiger partial charge in [0.1, 0.15) is 11.3 Å². The van der Waals surface area contributed by atoms with E-state index >= 15 is 0 Å². The van der Waals surface area contributed by atoms with Crippen LogP contribution in [0.1, 0.15) is 26.5 Å². The van der Waals surface area contributed by atoms with E-state index in [0.717, 1.165) is 11.3 Å². The number of ether oxygens (including phenoxy) is 2. The summed E-state index contributed by atoms with van der Waals surface area (Å²) in [7, 11) is 1.23. The van der Waals surface area contributed by atoms with E-state index in [2.05, 4.69) is 15.4 Å². The van der Waals surface area contributed by atoms with Crippen LogP contribution in [0.3, 0.4) is 0 Å². The smallest absolute Gasteiger partial charge is 0.350 e. The Balaban J connectivity index is 1.87. The highest BCUT2D eigenvalue weighted by Crippen LogP contribution is 2.23. The number of thiophene rings is 1. The Hall–Kier alpha value is -3.71. The van der Waals surface area contributed by atoms with Gasteiger partial charge in [0.25, 0.3) is 5.91 Å². The average Bonchev–Trinajstić information content (AvgIpc) is 3.14. The van der Waals surface area contributed by atoms with Crippen molar-refractivity contribution in [2.75, 3.05) is 24.4 Å². The molecule has 0 aliphatic heterocycles. The summed E-state index contributed by atoms with van der Waals surface area (Å²) in [6.45, 7) is -0.546. The Labute approximate surface area is 163 Å². The summed E-state index contributed by atoms with van der Waals surface area (Å²) >= 11 is 1.11. The van der Waals surface area contributed by atoms with E-state index in [1.54, 1.807) is 11.4 Å². The van der Waals surface area contributed by atoms with Crippen LogP contribution in [-0.2, 0) is 19.1 Å². The molecule has 2 aromatic rings. The van der Waals surface area contributed by atoms with Crippen molar-refractivity contribution in [3.8, 4) is 6.07 Å². The van der Waals surface area contributed by atoms with Gasteiger partial charge < -0.3 is 20.1 Å². The average molecular weight is 401 g/mol. The number of benzene rings is 1. The van der Waals surface area contributed by atoms with Crippen LogP contribution in [0.25, 0.3) is 0 Å². The van der Waals surface area contributed by atoms with Crippen molar-refractivity contribution in [2.45, 2.75) is 6.42 Å². The summed E-state index contributed by atoms with van der Waals surface area (Å²) in [5.74, 6) is -2.39. The highest BCUT2D eigenvalue weighted by molar-refractivity contribution is 7.12. The quantitative estimate of drug-likeness (QED) is 0.679. The van der Waals surface area contributed by atoms with Crippen molar-refractivity contribution in [2.24, 2.45) is 0 Å². The fourth-order valence-corrected chi connectivity index (χ4v) is 2.79. The monoisotopic (exact) mass is 401 g/mol. The SMILES string of the molecule is COC(=O)c1sccc1NC(=O)COC(=O)c1ccc(NC(=O)CC#N)cc1. The first kappa shape index (κ1) is 20.6. The zero-order valence-electron chi connectivity index (χ0n) is 14.7. The van der Waals surface area contributed by atoms with Gasteiger partial charge in [-0.15, -0.1) is 11.3 Å². The number of anilines is 2. The van der Waals surface area contributed by atoms with Gasteiger partial charge in [0, 0.05) is 5.69 Å². The standard InChI is InChI=1S/C18H15N3O6S/c1-26-18(25)16-13(7-9-28-16)21-15(23)10-27-17(24)11-2-4-12(5-3-11)20-14(22)6-8-19/h2-5,7,9H,6,10H2,1H3,(H,20,22)(H,21,23). The molecule has 0 saturated heterocycles. The molecule has 0 aliphatic rings. The first-order chi connectivity index (χ1) is 13.4. The maximum Gasteiger partial charge on any atom is 0.350 e. The van der Waals surface area contributed by atoms with Gasteiger partial charge in [0.15, 0.2) is 6.61 Å². The number of methoxy groups -OCH3 is 1. The molecule has 0 unspecified atom stereocenters. The first-order valence-corrected chi connectivity index (χ1v) is 8.72. The summed E-state index contributed by atoms with van der Waals surface area (Å²) in [4.78, 5) is 47.1. The molecule has 0 radical (unpaired) electrons. The van der Waals surface area contributed by atoms with Crippen molar-refractivity contribution in [3.63, 3.8) is 0 Å². The first-order valence-electron chi connectivity index (χ1n) is 7.84. The van der Waals surface area contributed by atoms with E-state index in [1.165, 1.54) is 37.4 Å². The van der Waals surface area contributed by atoms with Crippen LogP contribution >= 0.6 is 11.3 Å². The molecule has 2 N–H and O–H groups in total. The molecule has 2 amide bonds. The molecule has 1 aromatic heterocycles. The maximum absolute atomic E-state index is 12.0. The number of nitrogens with zero attached hydrogens (tertiary/aromatic N) is 1. The van der Waals surface area contributed by atoms with Crippen molar-refractivity contribution in [1.82, 2.24) is 0 Å². The van der Waals surface area contributed by atoms with Crippen molar-refractivity contribution >= 4 is 46.5 Å². The predicted molar refractivity (Wildman–Crippen MR) is 99.9 cm³/mol. The van der Waals surface area contributed by atoms with Gasteiger partial charge in [-0.2, -0.15) is 5.26 Å². The van der Waals surface area contributed by atoms with Crippen molar-refractivity contribution in [1.29, 1.82) is 5.26 Å². The van der Waals surface area contributed by atoms with Crippen LogP contribution in [0.4, 0.5) is 11.4 Å². The Kier molecular flexibility index (Phi) is 7.24. The second-order valence-corrected chi connectivity index (χ2v) is 6.16. The second-order valence-electron chi connectivity index (χ2n) is 5.24. The molecule has 1 aromatic carbocycles. The minimum absolute atomic E-state index is 0.178. The summed E-state index contributed by atoms with van der Waals surface area (Å²) in [5.41, 5.74) is 0.870. The summed E-state index contributed by atoms with van der Waals surface area (Å²) in [6, 6.07) is 9.03. The number of esters is 2.